The van der Waals surface area contributed by atoms with Crippen LogP contribution < -0.4 is 5.32 Å². The zero-order valence-electron chi connectivity index (χ0n) is 10.6. The van der Waals surface area contributed by atoms with Crippen molar-refractivity contribution < 1.29 is 0 Å². The lowest BCUT2D eigenvalue weighted by atomic mass is 9.92. The minimum Gasteiger partial charge on any atom is -0.314 e. The van der Waals surface area contributed by atoms with Gasteiger partial charge in [0.15, 0.2) is 0 Å². The molecule has 1 N–H and O–H groups in total. The molecule has 0 amide bonds. The normalized spacial score (nSPS) is 25.8. The summed E-state index contributed by atoms with van der Waals surface area (Å²) in [6.07, 6.45) is 5.59. The molecule has 15 heavy (non-hydrogen) atoms. The van der Waals surface area contributed by atoms with E-state index < -0.39 is 0 Å². The van der Waals surface area contributed by atoms with E-state index >= 15 is 0 Å². The summed E-state index contributed by atoms with van der Waals surface area (Å²) < 4.78 is 0. The summed E-state index contributed by atoms with van der Waals surface area (Å²) >= 11 is 0. The molecule has 2 heteroatoms. The van der Waals surface area contributed by atoms with Gasteiger partial charge in [0, 0.05) is 24.7 Å². The molecule has 2 fully saturated rings. The Labute approximate surface area is 94.4 Å². The van der Waals surface area contributed by atoms with Gasteiger partial charge in [-0.05, 0) is 52.0 Å². The van der Waals surface area contributed by atoms with Crippen molar-refractivity contribution in [1.82, 2.24) is 10.2 Å². The van der Waals surface area contributed by atoms with Crippen molar-refractivity contribution in [3.8, 4) is 0 Å². The smallest absolute Gasteiger partial charge is 0.0181 e. The Morgan fingerprint density at radius 1 is 1.13 bits per heavy atom. The predicted molar refractivity (Wildman–Crippen MR) is 65.1 cm³/mol. The highest BCUT2D eigenvalue weighted by Crippen LogP contribution is 2.43. The summed E-state index contributed by atoms with van der Waals surface area (Å²) in [4.78, 5) is 2.72. The van der Waals surface area contributed by atoms with Gasteiger partial charge in [-0.3, -0.25) is 4.90 Å². The lowest BCUT2D eigenvalue weighted by molar-refractivity contribution is 0.0665. The largest absolute Gasteiger partial charge is 0.314 e. The van der Waals surface area contributed by atoms with Gasteiger partial charge in [-0.1, -0.05) is 6.92 Å². The minimum atomic E-state index is 0.469. The van der Waals surface area contributed by atoms with Crippen LogP contribution in [0, 0.1) is 5.92 Å². The molecule has 0 aromatic heterocycles. The van der Waals surface area contributed by atoms with Crippen molar-refractivity contribution >= 4 is 0 Å². The maximum absolute atomic E-state index is 3.57. The summed E-state index contributed by atoms with van der Waals surface area (Å²) in [5, 5.41) is 3.57. The Morgan fingerprint density at radius 3 is 2.20 bits per heavy atom. The van der Waals surface area contributed by atoms with Crippen LogP contribution in [0.4, 0.5) is 0 Å². The number of nitrogens with one attached hydrogen (secondary N) is 1. The lowest BCUT2D eigenvalue weighted by Crippen LogP contribution is -2.52. The van der Waals surface area contributed by atoms with E-state index in [9.17, 15) is 0 Å². The number of rotatable bonds is 4. The standard InChI is InChI=1S/C13H26N2/c1-4-14-12-7-9-15(10-8-12)13(2,3)11-5-6-11/h11-12,14H,4-10H2,1-3H3. The molecule has 2 rings (SSSR count). The fourth-order valence-electron chi connectivity index (χ4n) is 3.00. The van der Waals surface area contributed by atoms with Crippen molar-refractivity contribution in [2.45, 2.75) is 58.0 Å². The van der Waals surface area contributed by atoms with Crippen LogP contribution in [0.2, 0.25) is 0 Å². The van der Waals surface area contributed by atoms with E-state index in [2.05, 4.69) is 31.0 Å². The van der Waals surface area contributed by atoms with Crippen molar-refractivity contribution in [2.24, 2.45) is 5.92 Å². The van der Waals surface area contributed by atoms with Crippen LogP contribution >= 0.6 is 0 Å². The summed E-state index contributed by atoms with van der Waals surface area (Å²) in [7, 11) is 0. The van der Waals surface area contributed by atoms with Gasteiger partial charge in [0.1, 0.15) is 0 Å². The molecule has 2 aliphatic rings. The molecule has 1 aliphatic heterocycles. The average molecular weight is 210 g/mol. The van der Waals surface area contributed by atoms with Crippen LogP contribution in [0.5, 0.6) is 0 Å². The van der Waals surface area contributed by atoms with Gasteiger partial charge < -0.3 is 5.32 Å². The number of piperidine rings is 1. The van der Waals surface area contributed by atoms with E-state index in [4.69, 9.17) is 0 Å². The second kappa shape index (κ2) is 4.42. The Balaban J connectivity index is 1.82. The molecule has 0 spiro atoms. The number of hydrogen-bond donors (Lipinski definition) is 1. The Bertz CT molecular complexity index is 201. The summed E-state index contributed by atoms with van der Waals surface area (Å²) in [5.74, 6) is 0.980. The number of likely N-dealkylation sites (tertiary alicyclic amines) is 1. The molecule has 0 atom stereocenters. The van der Waals surface area contributed by atoms with E-state index in [1.807, 2.05) is 0 Å². The summed E-state index contributed by atoms with van der Waals surface area (Å²) in [6.45, 7) is 10.8. The zero-order chi connectivity index (χ0) is 10.9. The summed E-state index contributed by atoms with van der Waals surface area (Å²) in [5.41, 5.74) is 0.469. The molecule has 2 nitrogen and oxygen atoms in total. The Morgan fingerprint density at radius 2 is 1.73 bits per heavy atom. The van der Waals surface area contributed by atoms with E-state index in [1.165, 1.54) is 38.8 Å². The van der Waals surface area contributed by atoms with E-state index in [0.717, 1.165) is 18.5 Å². The Hall–Kier alpha value is -0.0800. The fraction of sp³-hybridized carbons (Fsp3) is 1.00. The van der Waals surface area contributed by atoms with Crippen LogP contribution in [-0.4, -0.2) is 36.1 Å². The third-order valence-electron chi connectivity index (χ3n) is 4.38. The van der Waals surface area contributed by atoms with E-state index in [-0.39, 0.29) is 0 Å². The molecular formula is C13H26N2. The second-order valence-corrected chi connectivity index (χ2v) is 5.75. The molecule has 0 aromatic carbocycles. The molecule has 1 aliphatic carbocycles. The monoisotopic (exact) mass is 210 g/mol. The SMILES string of the molecule is CCNC1CCN(C(C)(C)C2CC2)CC1. The maximum atomic E-state index is 3.57. The highest BCUT2D eigenvalue weighted by Gasteiger charge is 2.42. The molecule has 0 radical (unpaired) electrons. The predicted octanol–water partition coefficient (Wildman–Crippen LogP) is 2.25. The quantitative estimate of drug-likeness (QED) is 0.765. The average Bonchev–Trinajstić information content (AvgIpc) is 3.02. The minimum absolute atomic E-state index is 0.469. The topological polar surface area (TPSA) is 15.3 Å². The molecule has 0 bridgehead atoms. The third-order valence-corrected chi connectivity index (χ3v) is 4.38. The first kappa shape index (κ1) is 11.4. The molecule has 0 unspecified atom stereocenters. The number of hydrogen-bond acceptors (Lipinski definition) is 2. The van der Waals surface area contributed by atoms with Crippen LogP contribution in [0.3, 0.4) is 0 Å². The van der Waals surface area contributed by atoms with Gasteiger partial charge in [0.2, 0.25) is 0 Å². The third kappa shape index (κ3) is 2.54. The molecule has 1 saturated heterocycles. The zero-order valence-corrected chi connectivity index (χ0v) is 10.6. The van der Waals surface area contributed by atoms with Gasteiger partial charge >= 0.3 is 0 Å². The summed E-state index contributed by atoms with van der Waals surface area (Å²) in [6, 6.07) is 0.779. The maximum Gasteiger partial charge on any atom is 0.0181 e. The first-order valence-corrected chi connectivity index (χ1v) is 6.63. The van der Waals surface area contributed by atoms with E-state index in [0.29, 0.717) is 5.54 Å². The van der Waals surface area contributed by atoms with Crippen LogP contribution in [0.25, 0.3) is 0 Å². The number of nitrogens with zero attached hydrogens (tertiary/aromatic N) is 1. The first-order chi connectivity index (χ1) is 7.14. The fourth-order valence-corrected chi connectivity index (χ4v) is 3.00. The Kier molecular flexibility index (Phi) is 3.36. The molecular weight excluding hydrogens is 184 g/mol. The van der Waals surface area contributed by atoms with Crippen molar-refractivity contribution in [1.29, 1.82) is 0 Å². The first-order valence-electron chi connectivity index (χ1n) is 6.63. The van der Waals surface area contributed by atoms with Crippen LogP contribution in [0.1, 0.15) is 46.5 Å². The van der Waals surface area contributed by atoms with Crippen molar-refractivity contribution in [2.75, 3.05) is 19.6 Å². The molecule has 88 valence electrons. The molecule has 1 saturated carbocycles. The second-order valence-electron chi connectivity index (χ2n) is 5.75. The van der Waals surface area contributed by atoms with Gasteiger partial charge in [-0.15, -0.1) is 0 Å². The molecule has 0 aromatic rings. The van der Waals surface area contributed by atoms with Crippen LogP contribution in [-0.2, 0) is 0 Å². The van der Waals surface area contributed by atoms with Gasteiger partial charge in [0.05, 0.1) is 0 Å². The molecule has 1 heterocycles. The van der Waals surface area contributed by atoms with Gasteiger partial charge in [-0.25, -0.2) is 0 Å². The highest BCUT2D eigenvalue weighted by atomic mass is 15.2. The van der Waals surface area contributed by atoms with Crippen molar-refractivity contribution in [3.05, 3.63) is 0 Å². The highest BCUT2D eigenvalue weighted by molar-refractivity contribution is 4.97. The van der Waals surface area contributed by atoms with Crippen molar-refractivity contribution in [3.63, 3.8) is 0 Å². The lowest BCUT2D eigenvalue weighted by Gasteiger charge is -2.43. The van der Waals surface area contributed by atoms with Gasteiger partial charge in [-0.2, -0.15) is 0 Å². The van der Waals surface area contributed by atoms with Gasteiger partial charge in [0.25, 0.3) is 0 Å². The van der Waals surface area contributed by atoms with Crippen LogP contribution in [0.15, 0.2) is 0 Å². The van der Waals surface area contributed by atoms with E-state index in [1.54, 1.807) is 0 Å².